The quantitative estimate of drug-likeness (QED) is 0.0388. The van der Waals surface area contributed by atoms with Crippen LogP contribution in [0.4, 0.5) is 0 Å². The minimum atomic E-state index is -3.27. The Morgan fingerprint density at radius 3 is 0.791 bits per heavy atom. The third kappa shape index (κ3) is 34.5. The predicted octanol–water partition coefficient (Wildman–Crippen LogP) is 13.9. The molecule has 0 aliphatic carbocycles. The zero-order valence-corrected chi connectivity index (χ0v) is 30.3. The van der Waals surface area contributed by atoms with Crippen LogP contribution in [0.5, 0.6) is 0 Å². The summed E-state index contributed by atoms with van der Waals surface area (Å²) in [5.74, 6) is 0. The van der Waals surface area contributed by atoms with Gasteiger partial charge in [0.1, 0.15) is 12.4 Å². The monoisotopic (exact) mass is 629 g/mol. The van der Waals surface area contributed by atoms with Crippen LogP contribution >= 0.6 is 7.60 Å². The molecule has 0 aliphatic heterocycles. The van der Waals surface area contributed by atoms with E-state index in [1.54, 1.807) is 0 Å². The number of unbranched alkanes of at least 4 members (excludes halogenated alkanes) is 30. The summed E-state index contributed by atoms with van der Waals surface area (Å²) in [5.41, 5.74) is 0. The summed E-state index contributed by atoms with van der Waals surface area (Å²) in [6, 6.07) is 0. The average molecular weight is 629 g/mol. The molecule has 0 spiro atoms. The van der Waals surface area contributed by atoms with Crippen molar-refractivity contribution in [3.8, 4) is 0 Å². The highest BCUT2D eigenvalue weighted by molar-refractivity contribution is 7.54. The maximum Gasteiger partial charge on any atom is 0.337 e. The van der Waals surface area contributed by atoms with E-state index < -0.39 is 7.60 Å². The van der Waals surface area contributed by atoms with E-state index in [2.05, 4.69) is 13.8 Å². The lowest BCUT2D eigenvalue weighted by atomic mass is 10.0. The van der Waals surface area contributed by atoms with E-state index in [0.29, 0.717) is 19.5 Å². The first-order valence-corrected chi connectivity index (χ1v) is 21.2. The summed E-state index contributed by atoms with van der Waals surface area (Å²) < 4.78 is 24.1. The van der Waals surface area contributed by atoms with Crippen LogP contribution in [0.15, 0.2) is 0 Å². The summed E-state index contributed by atoms with van der Waals surface area (Å²) >= 11 is 0. The Bertz CT molecular complexity index is 540. The van der Waals surface area contributed by atoms with E-state index in [4.69, 9.17) is 9.05 Å². The SMILES string of the molecule is CCCCCCCCCCCCCCCCCCOP(=O)(CC=O)OCCCCCCCCCCCCCCCCCC. The van der Waals surface area contributed by atoms with E-state index >= 15 is 0 Å². The number of rotatable bonds is 38. The van der Waals surface area contributed by atoms with E-state index in [0.717, 1.165) is 25.7 Å². The minimum Gasteiger partial charge on any atom is -0.308 e. The van der Waals surface area contributed by atoms with Gasteiger partial charge in [0.25, 0.3) is 0 Å². The van der Waals surface area contributed by atoms with E-state index in [1.165, 1.54) is 180 Å². The number of aldehydes is 1. The zero-order valence-electron chi connectivity index (χ0n) is 29.4. The van der Waals surface area contributed by atoms with Gasteiger partial charge in [-0.2, -0.15) is 0 Å². The molecule has 5 heteroatoms. The highest BCUT2D eigenvalue weighted by Gasteiger charge is 2.23. The van der Waals surface area contributed by atoms with Crippen LogP contribution in [-0.2, 0) is 18.4 Å². The normalized spacial score (nSPS) is 11.9. The molecule has 0 aliphatic rings. The summed E-state index contributed by atoms with van der Waals surface area (Å²) in [4.78, 5) is 11.1. The lowest BCUT2D eigenvalue weighted by Crippen LogP contribution is -2.04. The standard InChI is InChI=1S/C38H77O4P/c1-3-5-7-9-11-13-15-17-19-21-23-25-27-29-31-33-36-41-43(40,38-35-39)42-37-34-32-30-28-26-24-22-20-18-16-14-12-10-8-6-4-2/h35H,3-34,36-38H2,1-2H3. The van der Waals surface area contributed by atoms with Gasteiger partial charge < -0.3 is 13.8 Å². The first kappa shape index (κ1) is 42.8. The molecule has 0 unspecified atom stereocenters. The van der Waals surface area contributed by atoms with Gasteiger partial charge in [-0.1, -0.05) is 206 Å². The fourth-order valence-electron chi connectivity index (χ4n) is 5.94. The second-order valence-corrected chi connectivity index (χ2v) is 15.3. The van der Waals surface area contributed by atoms with E-state index in [9.17, 15) is 9.36 Å². The van der Waals surface area contributed by atoms with Crippen molar-refractivity contribution in [2.45, 2.75) is 219 Å². The Morgan fingerprint density at radius 2 is 0.581 bits per heavy atom. The Hall–Kier alpha value is -0.180. The van der Waals surface area contributed by atoms with Gasteiger partial charge in [0.2, 0.25) is 0 Å². The van der Waals surface area contributed by atoms with Crippen molar-refractivity contribution in [2.75, 3.05) is 19.4 Å². The Balaban J connectivity index is 3.48. The third-order valence-corrected chi connectivity index (χ3v) is 10.6. The van der Waals surface area contributed by atoms with Crippen molar-refractivity contribution in [1.82, 2.24) is 0 Å². The van der Waals surface area contributed by atoms with Crippen LogP contribution < -0.4 is 0 Å². The van der Waals surface area contributed by atoms with Crippen molar-refractivity contribution < 1.29 is 18.4 Å². The Morgan fingerprint density at radius 1 is 0.372 bits per heavy atom. The molecule has 0 aromatic carbocycles. The van der Waals surface area contributed by atoms with E-state index in [1.807, 2.05) is 0 Å². The topological polar surface area (TPSA) is 52.6 Å². The van der Waals surface area contributed by atoms with Crippen molar-refractivity contribution >= 4 is 13.9 Å². The molecular weight excluding hydrogens is 551 g/mol. The molecule has 0 aromatic heterocycles. The lowest BCUT2D eigenvalue weighted by Gasteiger charge is -2.16. The van der Waals surface area contributed by atoms with Gasteiger partial charge in [0.15, 0.2) is 0 Å². The van der Waals surface area contributed by atoms with Crippen molar-refractivity contribution in [1.29, 1.82) is 0 Å². The van der Waals surface area contributed by atoms with Crippen molar-refractivity contribution in [3.63, 3.8) is 0 Å². The molecule has 0 atom stereocenters. The molecule has 0 fully saturated rings. The number of carbonyl (C=O) groups excluding carboxylic acids is 1. The molecular formula is C38H77O4P. The van der Waals surface area contributed by atoms with Crippen molar-refractivity contribution in [2.24, 2.45) is 0 Å². The first-order valence-electron chi connectivity index (χ1n) is 19.5. The van der Waals surface area contributed by atoms with Crippen LogP contribution in [0.2, 0.25) is 0 Å². The van der Waals surface area contributed by atoms with Crippen LogP contribution in [0, 0.1) is 0 Å². The molecule has 0 rings (SSSR count). The van der Waals surface area contributed by atoms with Gasteiger partial charge in [-0.15, -0.1) is 0 Å². The van der Waals surface area contributed by atoms with E-state index in [-0.39, 0.29) is 6.16 Å². The molecule has 0 bridgehead atoms. The lowest BCUT2D eigenvalue weighted by molar-refractivity contribution is -0.106. The molecule has 0 radical (unpaired) electrons. The Kier molecular flexibility index (Phi) is 36.1. The fraction of sp³-hybridized carbons (Fsp3) is 0.974. The second kappa shape index (κ2) is 36.3. The zero-order chi connectivity index (χ0) is 31.4. The molecule has 4 nitrogen and oxygen atoms in total. The predicted molar refractivity (Wildman–Crippen MR) is 190 cm³/mol. The second-order valence-electron chi connectivity index (χ2n) is 13.2. The maximum absolute atomic E-state index is 12.9. The average Bonchev–Trinajstić information content (AvgIpc) is 3.00. The fourth-order valence-corrected chi connectivity index (χ4v) is 7.22. The molecule has 258 valence electrons. The van der Waals surface area contributed by atoms with Gasteiger partial charge in [-0.25, -0.2) is 0 Å². The van der Waals surface area contributed by atoms with Crippen LogP contribution in [0.25, 0.3) is 0 Å². The molecule has 0 amide bonds. The van der Waals surface area contributed by atoms with Gasteiger partial charge in [-0.3, -0.25) is 4.57 Å². The molecule has 0 saturated carbocycles. The molecule has 0 heterocycles. The van der Waals surface area contributed by atoms with Gasteiger partial charge in [0, 0.05) is 0 Å². The largest absolute Gasteiger partial charge is 0.337 e. The molecule has 43 heavy (non-hydrogen) atoms. The summed E-state index contributed by atoms with van der Waals surface area (Å²) in [6.07, 6.45) is 43.0. The van der Waals surface area contributed by atoms with Crippen LogP contribution in [0.1, 0.15) is 219 Å². The minimum absolute atomic E-state index is 0.120. The number of carbonyl (C=O) groups is 1. The van der Waals surface area contributed by atoms with Crippen LogP contribution in [0.3, 0.4) is 0 Å². The highest BCUT2D eigenvalue weighted by atomic mass is 31.2. The Labute approximate surface area is 270 Å². The highest BCUT2D eigenvalue weighted by Crippen LogP contribution is 2.47. The van der Waals surface area contributed by atoms with Crippen LogP contribution in [-0.4, -0.2) is 25.7 Å². The number of hydrogen-bond acceptors (Lipinski definition) is 4. The molecule has 0 saturated heterocycles. The van der Waals surface area contributed by atoms with Gasteiger partial charge in [0.05, 0.1) is 13.2 Å². The summed E-state index contributed by atoms with van der Waals surface area (Å²) in [5, 5.41) is 0. The van der Waals surface area contributed by atoms with Crippen molar-refractivity contribution in [3.05, 3.63) is 0 Å². The summed E-state index contributed by atoms with van der Waals surface area (Å²) in [6.45, 7) is 5.43. The van der Waals surface area contributed by atoms with Gasteiger partial charge in [-0.05, 0) is 12.8 Å². The van der Waals surface area contributed by atoms with Gasteiger partial charge >= 0.3 is 7.60 Å². The first-order chi connectivity index (χ1) is 21.2. The number of hydrogen-bond donors (Lipinski definition) is 0. The summed E-state index contributed by atoms with van der Waals surface area (Å²) in [7, 11) is -3.27. The molecule has 0 aromatic rings. The third-order valence-electron chi connectivity index (χ3n) is 8.87. The maximum atomic E-state index is 12.9. The molecule has 0 N–H and O–H groups in total. The smallest absolute Gasteiger partial charge is 0.308 e.